The molecule has 0 saturated heterocycles. The van der Waals surface area contributed by atoms with Gasteiger partial charge in [0.2, 0.25) is 0 Å². The van der Waals surface area contributed by atoms with E-state index < -0.39 is 0 Å². The van der Waals surface area contributed by atoms with Crippen LogP contribution in [0.4, 0.5) is 5.69 Å². The molecule has 0 aliphatic carbocycles. The van der Waals surface area contributed by atoms with Crippen molar-refractivity contribution in [1.82, 2.24) is 0 Å². The molecular weight excluding hydrogens is 236 g/mol. The number of hydrogen-bond acceptors (Lipinski definition) is 3. The summed E-state index contributed by atoms with van der Waals surface area (Å²) >= 11 is 5.83. The number of hydrazone groups is 1. The van der Waals surface area contributed by atoms with E-state index in [-0.39, 0.29) is 5.75 Å². The molecule has 0 spiro atoms. The van der Waals surface area contributed by atoms with Gasteiger partial charge in [-0.1, -0.05) is 29.8 Å². The predicted octanol–water partition coefficient (Wildman–Crippen LogP) is 3.49. The summed E-state index contributed by atoms with van der Waals surface area (Å²) in [5, 5.41) is 14.2. The third-order valence-corrected chi connectivity index (χ3v) is 2.39. The van der Waals surface area contributed by atoms with Gasteiger partial charge in [0.15, 0.2) is 0 Å². The molecule has 86 valence electrons. The lowest BCUT2D eigenvalue weighted by Gasteiger charge is -2.00. The van der Waals surface area contributed by atoms with Crippen molar-refractivity contribution in [2.45, 2.75) is 0 Å². The number of nitrogens with one attached hydrogen (secondary N) is 1. The first-order chi connectivity index (χ1) is 8.25. The largest absolute Gasteiger partial charge is 0.507 e. The summed E-state index contributed by atoms with van der Waals surface area (Å²) < 4.78 is 0. The Morgan fingerprint density at radius 3 is 2.71 bits per heavy atom. The number of para-hydroxylation sites is 1. The molecule has 0 aromatic heterocycles. The predicted molar refractivity (Wildman–Crippen MR) is 70.8 cm³/mol. The fourth-order valence-electron chi connectivity index (χ4n) is 1.33. The van der Waals surface area contributed by atoms with Crippen molar-refractivity contribution in [2.24, 2.45) is 5.10 Å². The highest BCUT2D eigenvalue weighted by Gasteiger charge is 1.94. The second-order valence-electron chi connectivity index (χ2n) is 3.44. The van der Waals surface area contributed by atoms with Gasteiger partial charge in [0, 0.05) is 10.6 Å². The van der Waals surface area contributed by atoms with Crippen LogP contribution in [0, 0.1) is 0 Å². The Bertz CT molecular complexity index is 540. The van der Waals surface area contributed by atoms with Crippen LogP contribution in [0.5, 0.6) is 5.75 Å². The zero-order valence-electron chi connectivity index (χ0n) is 8.97. The minimum atomic E-state index is 0.198. The summed E-state index contributed by atoms with van der Waals surface area (Å²) in [5.41, 5.74) is 4.29. The molecule has 0 aliphatic heterocycles. The van der Waals surface area contributed by atoms with Gasteiger partial charge in [0.25, 0.3) is 0 Å². The van der Waals surface area contributed by atoms with E-state index in [0.717, 1.165) is 5.69 Å². The Kier molecular flexibility index (Phi) is 3.62. The van der Waals surface area contributed by atoms with Crippen LogP contribution in [0.1, 0.15) is 5.56 Å². The molecule has 0 atom stereocenters. The van der Waals surface area contributed by atoms with E-state index in [2.05, 4.69) is 10.5 Å². The Morgan fingerprint density at radius 1 is 1.12 bits per heavy atom. The van der Waals surface area contributed by atoms with Crippen molar-refractivity contribution in [3.05, 3.63) is 59.1 Å². The molecule has 0 amide bonds. The SMILES string of the molecule is Oc1ccccc1/C=N\Nc1cccc(Cl)c1. The maximum absolute atomic E-state index is 9.51. The van der Waals surface area contributed by atoms with E-state index in [0.29, 0.717) is 10.6 Å². The summed E-state index contributed by atoms with van der Waals surface area (Å²) in [6.45, 7) is 0. The summed E-state index contributed by atoms with van der Waals surface area (Å²) in [6, 6.07) is 14.2. The van der Waals surface area contributed by atoms with E-state index in [1.54, 1.807) is 36.5 Å². The molecule has 0 fully saturated rings. The smallest absolute Gasteiger partial charge is 0.124 e. The standard InChI is InChI=1S/C13H11ClN2O/c14-11-5-3-6-12(8-11)16-15-9-10-4-1-2-7-13(10)17/h1-9,16-17H/b15-9-. The average molecular weight is 247 g/mol. The van der Waals surface area contributed by atoms with E-state index in [1.165, 1.54) is 0 Å². The van der Waals surface area contributed by atoms with E-state index in [4.69, 9.17) is 11.6 Å². The minimum absolute atomic E-state index is 0.198. The topological polar surface area (TPSA) is 44.6 Å². The normalized spacial score (nSPS) is 10.6. The highest BCUT2D eigenvalue weighted by molar-refractivity contribution is 6.30. The first-order valence-electron chi connectivity index (χ1n) is 5.08. The number of phenolic OH excluding ortho intramolecular Hbond substituents is 1. The molecule has 0 heterocycles. The van der Waals surface area contributed by atoms with Crippen molar-refractivity contribution in [2.75, 3.05) is 5.43 Å². The molecule has 2 aromatic carbocycles. The lowest BCUT2D eigenvalue weighted by atomic mass is 10.2. The molecule has 2 aromatic rings. The van der Waals surface area contributed by atoms with E-state index >= 15 is 0 Å². The van der Waals surface area contributed by atoms with Crippen LogP contribution >= 0.6 is 11.6 Å². The highest BCUT2D eigenvalue weighted by Crippen LogP contribution is 2.15. The molecule has 0 aliphatic rings. The number of anilines is 1. The Morgan fingerprint density at radius 2 is 1.94 bits per heavy atom. The van der Waals surface area contributed by atoms with Gasteiger partial charge in [-0.2, -0.15) is 5.10 Å². The van der Waals surface area contributed by atoms with Gasteiger partial charge in [-0.25, -0.2) is 0 Å². The first kappa shape index (κ1) is 11.5. The van der Waals surface area contributed by atoms with E-state index in [9.17, 15) is 5.11 Å². The summed E-state index contributed by atoms with van der Waals surface area (Å²) in [5.74, 6) is 0.198. The Hall–Kier alpha value is -2.00. The molecular formula is C13H11ClN2O. The zero-order valence-corrected chi connectivity index (χ0v) is 9.72. The lowest BCUT2D eigenvalue weighted by Crippen LogP contribution is -1.90. The third kappa shape index (κ3) is 3.23. The average Bonchev–Trinajstić information content (AvgIpc) is 2.32. The number of hydrogen-bond donors (Lipinski definition) is 2. The second kappa shape index (κ2) is 5.37. The van der Waals surface area contributed by atoms with Gasteiger partial charge in [-0.3, -0.25) is 5.43 Å². The second-order valence-corrected chi connectivity index (χ2v) is 3.88. The molecule has 0 radical (unpaired) electrons. The molecule has 0 unspecified atom stereocenters. The summed E-state index contributed by atoms with van der Waals surface area (Å²) in [6.07, 6.45) is 1.55. The number of benzene rings is 2. The van der Waals surface area contributed by atoms with Crippen LogP contribution in [0.15, 0.2) is 53.6 Å². The van der Waals surface area contributed by atoms with Crippen LogP contribution in [-0.2, 0) is 0 Å². The third-order valence-electron chi connectivity index (χ3n) is 2.16. The molecule has 3 nitrogen and oxygen atoms in total. The number of halogens is 1. The zero-order chi connectivity index (χ0) is 12.1. The fraction of sp³-hybridized carbons (Fsp3) is 0. The fourth-order valence-corrected chi connectivity index (χ4v) is 1.52. The van der Waals surface area contributed by atoms with E-state index in [1.807, 2.05) is 18.2 Å². The molecule has 2 N–H and O–H groups in total. The molecule has 4 heteroatoms. The molecule has 17 heavy (non-hydrogen) atoms. The molecule has 0 saturated carbocycles. The van der Waals surface area contributed by atoms with Crippen LogP contribution in [0.2, 0.25) is 5.02 Å². The minimum Gasteiger partial charge on any atom is -0.507 e. The van der Waals surface area contributed by atoms with Crippen LogP contribution < -0.4 is 5.43 Å². The van der Waals surface area contributed by atoms with Gasteiger partial charge in [-0.15, -0.1) is 0 Å². The number of aromatic hydroxyl groups is 1. The van der Waals surface area contributed by atoms with Crippen molar-refractivity contribution in [1.29, 1.82) is 0 Å². The van der Waals surface area contributed by atoms with Crippen molar-refractivity contribution in [3.63, 3.8) is 0 Å². The van der Waals surface area contributed by atoms with Crippen LogP contribution in [0.25, 0.3) is 0 Å². The lowest BCUT2D eigenvalue weighted by molar-refractivity contribution is 0.474. The maximum Gasteiger partial charge on any atom is 0.124 e. The highest BCUT2D eigenvalue weighted by atomic mass is 35.5. The summed E-state index contributed by atoms with van der Waals surface area (Å²) in [7, 11) is 0. The van der Waals surface area contributed by atoms with Crippen molar-refractivity contribution < 1.29 is 5.11 Å². The van der Waals surface area contributed by atoms with Gasteiger partial charge in [0.1, 0.15) is 5.75 Å². The van der Waals surface area contributed by atoms with Gasteiger partial charge in [0.05, 0.1) is 11.9 Å². The van der Waals surface area contributed by atoms with Gasteiger partial charge < -0.3 is 5.11 Å². The molecule has 2 rings (SSSR count). The number of nitrogens with zero attached hydrogens (tertiary/aromatic N) is 1. The van der Waals surface area contributed by atoms with Crippen molar-refractivity contribution >= 4 is 23.5 Å². The number of rotatable bonds is 3. The quantitative estimate of drug-likeness (QED) is 0.643. The maximum atomic E-state index is 9.51. The van der Waals surface area contributed by atoms with Crippen LogP contribution in [-0.4, -0.2) is 11.3 Å². The van der Waals surface area contributed by atoms with Crippen LogP contribution in [0.3, 0.4) is 0 Å². The molecule has 0 bridgehead atoms. The Labute approximate surface area is 104 Å². The Balaban J connectivity index is 2.06. The van der Waals surface area contributed by atoms with Crippen molar-refractivity contribution in [3.8, 4) is 5.75 Å². The first-order valence-corrected chi connectivity index (χ1v) is 5.46. The summed E-state index contributed by atoms with van der Waals surface area (Å²) in [4.78, 5) is 0. The number of phenols is 1. The van der Waals surface area contributed by atoms with Gasteiger partial charge >= 0.3 is 0 Å². The van der Waals surface area contributed by atoms with Gasteiger partial charge in [-0.05, 0) is 30.3 Å². The monoisotopic (exact) mass is 246 g/mol.